The predicted molar refractivity (Wildman–Crippen MR) is 164 cm³/mol. The fourth-order valence-corrected chi connectivity index (χ4v) is 8.01. The van der Waals surface area contributed by atoms with E-state index in [0.717, 1.165) is 37.7 Å². The Hall–Kier alpha value is -3.13. The van der Waals surface area contributed by atoms with Crippen molar-refractivity contribution in [1.29, 1.82) is 5.26 Å². The summed E-state index contributed by atoms with van der Waals surface area (Å²) in [6.07, 6.45) is 4.09. The molecule has 4 rings (SSSR count). The third kappa shape index (κ3) is 7.88. The van der Waals surface area contributed by atoms with Crippen molar-refractivity contribution < 1.29 is 27.8 Å². The quantitative estimate of drug-likeness (QED) is 0.313. The smallest absolute Gasteiger partial charge is 0.408 e. The molecule has 2 saturated carbocycles. The molecule has 43 heavy (non-hydrogen) atoms. The standard InChI is InChI=1S/C33H45N3O6S/c1-31(2,3)42-30(38)35-33(22-28(33)25-12-7-5-8-13-25)29(37)23-36(24-32(20-11-21-34)18-9-6-10-19-32)43(39,40)27-16-14-26(41-4)15-17-27/h5,7-8,12-17,28-29,37H,6,9-11,18-20,22-24H2,1-4H3,(H,35,38)/t28?,29-,33?/m1/s1. The van der Waals surface area contributed by atoms with Gasteiger partial charge in [-0.25, -0.2) is 13.2 Å². The zero-order valence-corrected chi connectivity index (χ0v) is 26.5. The second kappa shape index (κ2) is 13.2. The van der Waals surface area contributed by atoms with Gasteiger partial charge in [0.05, 0.1) is 29.7 Å². The fourth-order valence-electron chi connectivity index (χ4n) is 6.45. The molecule has 2 aliphatic carbocycles. The lowest BCUT2D eigenvalue weighted by atomic mass is 9.71. The molecular weight excluding hydrogens is 566 g/mol. The highest BCUT2D eigenvalue weighted by atomic mass is 32.2. The summed E-state index contributed by atoms with van der Waals surface area (Å²) in [4.78, 5) is 13.1. The van der Waals surface area contributed by atoms with Crippen LogP contribution in [0.15, 0.2) is 59.5 Å². The number of carbonyl (C=O) groups excluding carboxylic acids is 1. The maximum Gasteiger partial charge on any atom is 0.408 e. The van der Waals surface area contributed by atoms with Crippen LogP contribution in [-0.2, 0) is 14.8 Å². The van der Waals surface area contributed by atoms with Crippen LogP contribution in [0.4, 0.5) is 4.79 Å². The van der Waals surface area contributed by atoms with Gasteiger partial charge in [0.15, 0.2) is 0 Å². The maximum atomic E-state index is 14.3. The second-order valence-electron chi connectivity index (χ2n) is 13.0. The Bertz CT molecular complexity index is 1380. The molecule has 2 unspecified atom stereocenters. The number of aliphatic hydroxyl groups is 1. The maximum absolute atomic E-state index is 14.3. The van der Waals surface area contributed by atoms with Crippen LogP contribution in [0.2, 0.25) is 0 Å². The number of methoxy groups -OCH3 is 1. The summed E-state index contributed by atoms with van der Waals surface area (Å²) < 4.78 is 40.7. The van der Waals surface area contributed by atoms with Gasteiger partial charge in [-0.05, 0) is 81.7 Å². The Morgan fingerprint density at radius 3 is 2.35 bits per heavy atom. The highest BCUT2D eigenvalue weighted by Crippen LogP contribution is 2.54. The van der Waals surface area contributed by atoms with E-state index in [9.17, 15) is 23.6 Å². The largest absolute Gasteiger partial charge is 0.497 e. The van der Waals surface area contributed by atoms with E-state index in [2.05, 4.69) is 11.4 Å². The molecule has 9 nitrogen and oxygen atoms in total. The molecule has 2 N–H and O–H groups in total. The molecule has 2 aliphatic rings. The van der Waals surface area contributed by atoms with E-state index in [1.807, 2.05) is 30.3 Å². The van der Waals surface area contributed by atoms with Crippen molar-refractivity contribution in [2.75, 3.05) is 20.2 Å². The number of benzene rings is 2. The topological polar surface area (TPSA) is 129 Å². The molecular formula is C33H45N3O6S. The van der Waals surface area contributed by atoms with E-state index in [-0.39, 0.29) is 29.3 Å². The Morgan fingerprint density at radius 2 is 1.77 bits per heavy atom. The monoisotopic (exact) mass is 611 g/mol. The van der Waals surface area contributed by atoms with Gasteiger partial charge in [-0.2, -0.15) is 9.57 Å². The van der Waals surface area contributed by atoms with Gasteiger partial charge in [-0.3, -0.25) is 0 Å². The predicted octanol–water partition coefficient (Wildman–Crippen LogP) is 5.75. The van der Waals surface area contributed by atoms with Crippen LogP contribution >= 0.6 is 0 Å². The van der Waals surface area contributed by atoms with E-state index >= 15 is 0 Å². The van der Waals surface area contributed by atoms with Gasteiger partial charge < -0.3 is 19.9 Å². The van der Waals surface area contributed by atoms with Crippen molar-refractivity contribution in [3.63, 3.8) is 0 Å². The third-order valence-electron chi connectivity index (χ3n) is 8.80. The van der Waals surface area contributed by atoms with Crippen molar-refractivity contribution in [3.05, 3.63) is 60.2 Å². The lowest BCUT2D eigenvalue weighted by Crippen LogP contribution is -2.54. The first kappa shape index (κ1) is 32.8. The molecule has 0 saturated heterocycles. The Balaban J connectivity index is 1.70. The molecule has 234 valence electrons. The number of sulfonamides is 1. The average Bonchev–Trinajstić information content (AvgIpc) is 3.70. The number of ether oxygens (including phenoxy) is 2. The first-order chi connectivity index (χ1) is 20.3. The van der Waals surface area contributed by atoms with Crippen LogP contribution in [0, 0.1) is 16.7 Å². The minimum atomic E-state index is -4.06. The highest BCUT2D eigenvalue weighted by Gasteiger charge is 2.61. The van der Waals surface area contributed by atoms with Crippen LogP contribution in [0.3, 0.4) is 0 Å². The van der Waals surface area contributed by atoms with E-state index in [4.69, 9.17) is 9.47 Å². The number of hydrogen-bond donors (Lipinski definition) is 2. The van der Waals surface area contributed by atoms with Gasteiger partial charge in [-0.15, -0.1) is 0 Å². The van der Waals surface area contributed by atoms with Gasteiger partial charge >= 0.3 is 6.09 Å². The highest BCUT2D eigenvalue weighted by molar-refractivity contribution is 7.89. The Labute approximate surface area is 256 Å². The zero-order chi connectivity index (χ0) is 31.3. The van der Waals surface area contributed by atoms with Gasteiger partial charge in [0.25, 0.3) is 0 Å². The van der Waals surface area contributed by atoms with Crippen molar-refractivity contribution >= 4 is 16.1 Å². The number of rotatable bonds is 12. The zero-order valence-electron chi connectivity index (χ0n) is 25.7. The number of nitriles is 1. The molecule has 2 aromatic rings. The van der Waals surface area contributed by atoms with Crippen LogP contribution in [0.1, 0.15) is 83.6 Å². The normalized spacial score (nSPS) is 22.3. The molecule has 0 aromatic heterocycles. The van der Waals surface area contributed by atoms with Crippen LogP contribution in [-0.4, -0.2) is 61.4 Å². The molecule has 10 heteroatoms. The minimum absolute atomic E-state index is 0.0938. The van der Waals surface area contributed by atoms with Crippen molar-refractivity contribution in [2.24, 2.45) is 5.41 Å². The summed E-state index contributed by atoms with van der Waals surface area (Å²) in [6, 6.07) is 18.1. The molecule has 2 aromatic carbocycles. The van der Waals surface area contributed by atoms with Gasteiger partial charge in [0.1, 0.15) is 11.4 Å². The van der Waals surface area contributed by atoms with Crippen molar-refractivity contribution in [3.8, 4) is 11.8 Å². The first-order valence-corrected chi connectivity index (χ1v) is 16.5. The Morgan fingerprint density at radius 1 is 1.12 bits per heavy atom. The second-order valence-corrected chi connectivity index (χ2v) is 15.0. The summed E-state index contributed by atoms with van der Waals surface area (Å²) >= 11 is 0. The number of aliphatic hydroxyl groups excluding tert-OH is 1. The van der Waals surface area contributed by atoms with Gasteiger partial charge in [0.2, 0.25) is 10.0 Å². The lowest BCUT2D eigenvalue weighted by Gasteiger charge is -2.41. The molecule has 0 bridgehead atoms. The molecule has 3 atom stereocenters. The molecule has 0 radical (unpaired) electrons. The first-order valence-electron chi connectivity index (χ1n) is 15.1. The number of nitrogens with one attached hydrogen (secondary N) is 1. The third-order valence-corrected chi connectivity index (χ3v) is 10.6. The average molecular weight is 612 g/mol. The molecule has 1 amide bonds. The summed E-state index contributed by atoms with van der Waals surface area (Å²) in [5, 5.41) is 24.3. The van der Waals surface area contributed by atoms with Crippen molar-refractivity contribution in [1.82, 2.24) is 9.62 Å². The summed E-state index contributed by atoms with van der Waals surface area (Å²) in [6.45, 7) is 5.27. The van der Waals surface area contributed by atoms with E-state index < -0.39 is 33.4 Å². The number of nitrogens with zero attached hydrogens (tertiary/aromatic N) is 2. The summed E-state index contributed by atoms with van der Waals surface area (Å²) in [7, 11) is -2.55. The van der Waals surface area contributed by atoms with Crippen LogP contribution in [0.5, 0.6) is 5.75 Å². The van der Waals surface area contributed by atoms with Crippen LogP contribution in [0.25, 0.3) is 0 Å². The van der Waals surface area contributed by atoms with Crippen molar-refractivity contribution in [2.45, 2.75) is 100 Å². The Kier molecular flexibility index (Phi) is 10.1. The lowest BCUT2D eigenvalue weighted by molar-refractivity contribution is 0.0328. The number of carbonyl (C=O) groups is 1. The van der Waals surface area contributed by atoms with E-state index in [1.54, 1.807) is 32.9 Å². The summed E-state index contributed by atoms with van der Waals surface area (Å²) in [5.41, 5.74) is -1.28. The number of hydrogen-bond acceptors (Lipinski definition) is 7. The van der Waals surface area contributed by atoms with Gasteiger partial charge in [0, 0.05) is 25.4 Å². The van der Waals surface area contributed by atoms with Crippen LogP contribution < -0.4 is 10.1 Å². The van der Waals surface area contributed by atoms with E-state index in [0.29, 0.717) is 25.0 Å². The molecule has 2 fully saturated rings. The van der Waals surface area contributed by atoms with Gasteiger partial charge in [-0.1, -0.05) is 49.6 Å². The molecule has 0 aliphatic heterocycles. The molecule has 0 spiro atoms. The number of alkyl carbamates (subject to hydrolysis) is 1. The number of amides is 1. The SMILES string of the molecule is COc1ccc(S(=O)(=O)N(C[C@@H](O)C2(NC(=O)OC(C)(C)C)CC2c2ccccc2)CC2(CCC#N)CCCCC2)cc1. The molecule has 0 heterocycles. The minimum Gasteiger partial charge on any atom is -0.497 e. The summed E-state index contributed by atoms with van der Waals surface area (Å²) in [5.74, 6) is 0.316. The fraction of sp³-hybridized carbons (Fsp3) is 0.576. The van der Waals surface area contributed by atoms with E-state index in [1.165, 1.54) is 23.5 Å².